The first-order chi connectivity index (χ1) is 15.7. The molecule has 0 saturated carbocycles. The van der Waals surface area contributed by atoms with Crippen molar-refractivity contribution in [2.45, 2.75) is 6.92 Å². The number of rotatable bonds is 5. The lowest BCUT2D eigenvalue weighted by molar-refractivity contribution is 1.20. The minimum atomic E-state index is 1.13. The normalized spacial score (nSPS) is 10.8. The van der Waals surface area contributed by atoms with Crippen molar-refractivity contribution in [1.29, 1.82) is 0 Å². The van der Waals surface area contributed by atoms with Crippen molar-refractivity contribution in [3.8, 4) is 0 Å². The van der Waals surface area contributed by atoms with Crippen LogP contribution in [0.1, 0.15) is 5.56 Å². The molecule has 2 heteroatoms. The van der Waals surface area contributed by atoms with Crippen LogP contribution in [0.5, 0.6) is 0 Å². The Balaban J connectivity index is 1.49. The Morgan fingerprint density at radius 1 is 0.438 bits per heavy atom. The fraction of sp³-hybridized carbons (Fsp3) is 0.0667. The van der Waals surface area contributed by atoms with Crippen LogP contribution in [-0.4, -0.2) is 7.05 Å². The van der Waals surface area contributed by atoms with E-state index in [0.29, 0.717) is 0 Å². The van der Waals surface area contributed by atoms with Gasteiger partial charge in [-0.3, -0.25) is 0 Å². The number of aryl methyl sites for hydroxylation is 1. The number of benzene rings is 5. The van der Waals surface area contributed by atoms with E-state index in [-0.39, 0.29) is 0 Å². The van der Waals surface area contributed by atoms with E-state index < -0.39 is 0 Å². The largest absolute Gasteiger partial charge is 0.345 e. The smallest absolute Gasteiger partial charge is 0.0463 e. The third-order valence-corrected chi connectivity index (χ3v) is 5.92. The Labute approximate surface area is 190 Å². The van der Waals surface area contributed by atoms with Crippen molar-refractivity contribution in [2.75, 3.05) is 16.8 Å². The van der Waals surface area contributed by atoms with Gasteiger partial charge in [0, 0.05) is 35.5 Å². The van der Waals surface area contributed by atoms with E-state index in [1.165, 1.54) is 22.0 Å². The summed E-state index contributed by atoms with van der Waals surface area (Å²) in [5.41, 5.74) is 7.02. The molecule has 0 amide bonds. The van der Waals surface area contributed by atoms with Gasteiger partial charge in [-0.2, -0.15) is 0 Å². The summed E-state index contributed by atoms with van der Waals surface area (Å²) in [7, 11) is 2.12. The third-order valence-electron chi connectivity index (χ3n) is 5.92. The monoisotopic (exact) mass is 414 g/mol. The van der Waals surface area contributed by atoms with E-state index in [4.69, 9.17) is 0 Å². The van der Waals surface area contributed by atoms with Gasteiger partial charge in [-0.25, -0.2) is 0 Å². The summed E-state index contributed by atoms with van der Waals surface area (Å²) < 4.78 is 0. The summed E-state index contributed by atoms with van der Waals surface area (Å²) in [5, 5.41) is 2.51. The second-order valence-electron chi connectivity index (χ2n) is 8.11. The quantitative estimate of drug-likeness (QED) is 0.285. The van der Waals surface area contributed by atoms with E-state index in [1.807, 2.05) is 0 Å². The van der Waals surface area contributed by atoms with E-state index in [9.17, 15) is 0 Å². The van der Waals surface area contributed by atoms with Gasteiger partial charge in [-0.05, 0) is 78.4 Å². The molecule has 5 rings (SSSR count). The third kappa shape index (κ3) is 3.95. The molecule has 0 atom stereocenters. The molecule has 0 unspecified atom stereocenters. The zero-order valence-electron chi connectivity index (χ0n) is 18.4. The van der Waals surface area contributed by atoms with Crippen molar-refractivity contribution in [2.24, 2.45) is 0 Å². The first kappa shape index (κ1) is 19.9. The minimum Gasteiger partial charge on any atom is -0.345 e. The Morgan fingerprint density at radius 2 is 0.938 bits per heavy atom. The lowest BCUT2D eigenvalue weighted by Gasteiger charge is -2.27. The molecule has 0 aromatic heterocycles. The highest BCUT2D eigenvalue weighted by Crippen LogP contribution is 2.36. The summed E-state index contributed by atoms with van der Waals surface area (Å²) in [6.07, 6.45) is 0. The first-order valence-electron chi connectivity index (χ1n) is 10.9. The summed E-state index contributed by atoms with van der Waals surface area (Å²) >= 11 is 0. The molecule has 0 radical (unpaired) electrons. The number of hydrogen-bond donors (Lipinski definition) is 0. The molecule has 5 aromatic carbocycles. The van der Waals surface area contributed by atoms with Gasteiger partial charge in [-0.1, -0.05) is 66.2 Å². The summed E-state index contributed by atoms with van der Waals surface area (Å²) in [5.74, 6) is 0. The Morgan fingerprint density at radius 3 is 1.62 bits per heavy atom. The van der Waals surface area contributed by atoms with Crippen LogP contribution in [0, 0.1) is 6.92 Å². The zero-order chi connectivity index (χ0) is 21.9. The second kappa shape index (κ2) is 8.60. The van der Waals surface area contributed by atoms with Gasteiger partial charge in [0.25, 0.3) is 0 Å². The number of hydrogen-bond acceptors (Lipinski definition) is 2. The van der Waals surface area contributed by atoms with Gasteiger partial charge in [0.05, 0.1) is 0 Å². The highest BCUT2D eigenvalue weighted by molar-refractivity contribution is 5.87. The van der Waals surface area contributed by atoms with Gasteiger partial charge in [-0.15, -0.1) is 0 Å². The highest BCUT2D eigenvalue weighted by Gasteiger charge is 2.13. The van der Waals surface area contributed by atoms with Crippen molar-refractivity contribution < 1.29 is 0 Å². The van der Waals surface area contributed by atoms with E-state index in [2.05, 4.69) is 145 Å². The van der Waals surface area contributed by atoms with Crippen LogP contribution in [0.2, 0.25) is 0 Å². The van der Waals surface area contributed by atoms with Crippen molar-refractivity contribution in [3.05, 3.63) is 127 Å². The summed E-state index contributed by atoms with van der Waals surface area (Å²) in [4.78, 5) is 4.52. The molecule has 0 fully saturated rings. The molecule has 32 heavy (non-hydrogen) atoms. The van der Waals surface area contributed by atoms with Gasteiger partial charge in [0.2, 0.25) is 0 Å². The van der Waals surface area contributed by atoms with Gasteiger partial charge < -0.3 is 9.80 Å². The van der Waals surface area contributed by atoms with Crippen LogP contribution in [0.3, 0.4) is 0 Å². The molecule has 2 nitrogen and oxygen atoms in total. The molecule has 0 bridgehead atoms. The van der Waals surface area contributed by atoms with E-state index in [1.54, 1.807) is 0 Å². The predicted octanol–water partition coefficient (Wildman–Crippen LogP) is 8.39. The average Bonchev–Trinajstić information content (AvgIpc) is 2.86. The van der Waals surface area contributed by atoms with Crippen LogP contribution in [0.4, 0.5) is 28.4 Å². The Kier molecular flexibility index (Phi) is 5.35. The molecule has 0 N–H and O–H groups in total. The molecular formula is C30H26N2. The number of anilines is 5. The maximum absolute atomic E-state index is 2.29. The van der Waals surface area contributed by atoms with Crippen molar-refractivity contribution in [3.63, 3.8) is 0 Å². The lowest BCUT2D eigenvalue weighted by Crippen LogP contribution is -2.11. The molecule has 0 spiro atoms. The molecule has 0 saturated heterocycles. The first-order valence-corrected chi connectivity index (χ1v) is 10.9. The van der Waals surface area contributed by atoms with Crippen LogP contribution < -0.4 is 9.80 Å². The average molecular weight is 415 g/mol. The highest BCUT2D eigenvalue weighted by atomic mass is 15.1. The van der Waals surface area contributed by atoms with Crippen molar-refractivity contribution >= 4 is 39.2 Å². The predicted molar refractivity (Wildman–Crippen MR) is 138 cm³/mol. The summed E-state index contributed by atoms with van der Waals surface area (Å²) in [6.45, 7) is 2.12. The second-order valence-corrected chi connectivity index (χ2v) is 8.11. The molecule has 0 heterocycles. The van der Waals surface area contributed by atoms with E-state index >= 15 is 0 Å². The SMILES string of the molecule is Cc1ccc(N(c2ccccc2)c2ccc(N(C)c3ccc4ccccc4c3)cc2)cc1. The van der Waals surface area contributed by atoms with Gasteiger partial charge in [0.1, 0.15) is 0 Å². The van der Waals surface area contributed by atoms with Crippen LogP contribution in [0.25, 0.3) is 10.8 Å². The number of fused-ring (bicyclic) bond motifs is 1. The molecule has 156 valence electrons. The fourth-order valence-electron chi connectivity index (χ4n) is 4.08. The van der Waals surface area contributed by atoms with Crippen LogP contribution in [0.15, 0.2) is 121 Å². The van der Waals surface area contributed by atoms with Crippen LogP contribution >= 0.6 is 0 Å². The van der Waals surface area contributed by atoms with Gasteiger partial charge in [0.15, 0.2) is 0 Å². The topological polar surface area (TPSA) is 6.48 Å². The lowest BCUT2D eigenvalue weighted by atomic mass is 10.1. The van der Waals surface area contributed by atoms with Crippen molar-refractivity contribution in [1.82, 2.24) is 0 Å². The maximum Gasteiger partial charge on any atom is 0.0463 e. The minimum absolute atomic E-state index is 1.13. The standard InChI is InChI=1S/C30H26N2/c1-23-12-15-28(16-13-23)32(27-10-4-3-5-11-27)29-20-18-26(19-21-29)31(2)30-17-14-24-8-6-7-9-25(24)22-30/h3-22H,1-2H3. The number of nitrogens with zero attached hydrogens (tertiary/aromatic N) is 2. The molecular weight excluding hydrogens is 388 g/mol. The molecule has 5 aromatic rings. The zero-order valence-corrected chi connectivity index (χ0v) is 18.4. The van der Waals surface area contributed by atoms with Gasteiger partial charge >= 0.3 is 0 Å². The molecule has 0 aliphatic carbocycles. The number of para-hydroxylation sites is 1. The van der Waals surface area contributed by atoms with Crippen LogP contribution in [-0.2, 0) is 0 Å². The summed E-state index contributed by atoms with van der Waals surface area (Å²) in [6, 6.07) is 43.0. The Bertz CT molecular complexity index is 1320. The maximum atomic E-state index is 2.29. The van der Waals surface area contributed by atoms with E-state index in [0.717, 1.165) is 22.7 Å². The molecule has 0 aliphatic heterocycles. The fourth-order valence-corrected chi connectivity index (χ4v) is 4.08. The molecule has 0 aliphatic rings. The Hall–Kier alpha value is -4.04.